The quantitative estimate of drug-likeness (QED) is 0.623. The molecule has 0 saturated heterocycles. The van der Waals surface area contributed by atoms with E-state index in [1.54, 1.807) is 0 Å². The molecular weight excluding hydrogens is 186 g/mol. The van der Waals surface area contributed by atoms with E-state index in [9.17, 15) is 9.59 Å². The molecule has 0 spiro atoms. The molecule has 0 aromatic carbocycles. The topological polar surface area (TPSA) is 98.2 Å². The van der Waals surface area contributed by atoms with E-state index in [-0.39, 0.29) is 5.69 Å². The fourth-order valence-electron chi connectivity index (χ4n) is 1.65. The molecule has 1 aromatic heterocycles. The van der Waals surface area contributed by atoms with Gasteiger partial charge >= 0.3 is 5.97 Å². The highest BCUT2D eigenvalue weighted by molar-refractivity contribution is 5.72. The number of hydrogen-bond donors (Lipinski definition) is 2. The Labute approximate surface area is 79.0 Å². The van der Waals surface area contributed by atoms with E-state index < -0.39 is 17.6 Å². The van der Waals surface area contributed by atoms with Gasteiger partial charge in [-0.25, -0.2) is 9.78 Å². The highest BCUT2D eigenvalue weighted by Crippen LogP contribution is 2.22. The van der Waals surface area contributed by atoms with E-state index in [0.717, 1.165) is 4.57 Å². The number of aliphatic carboxylic acids is 1. The summed E-state index contributed by atoms with van der Waals surface area (Å²) in [7, 11) is 0. The number of nitrogens with zero attached hydrogens (tertiary/aromatic N) is 2. The van der Waals surface area contributed by atoms with Gasteiger partial charge in [-0.05, 0) is 6.42 Å². The molecule has 0 fully saturated rings. The Balaban J connectivity index is 2.63. The van der Waals surface area contributed by atoms with Gasteiger partial charge in [0, 0.05) is 6.42 Å². The third kappa shape index (κ3) is 1.07. The Hall–Kier alpha value is -1.85. The van der Waals surface area contributed by atoms with Crippen molar-refractivity contribution in [2.45, 2.75) is 18.9 Å². The first-order valence-electron chi connectivity index (χ1n) is 4.20. The monoisotopic (exact) mass is 195 g/mol. The van der Waals surface area contributed by atoms with Gasteiger partial charge in [-0.3, -0.25) is 9.36 Å². The van der Waals surface area contributed by atoms with E-state index >= 15 is 0 Å². The molecule has 6 nitrogen and oxygen atoms in total. The normalized spacial score (nSPS) is 19.3. The molecule has 2 heterocycles. The summed E-state index contributed by atoms with van der Waals surface area (Å²) in [4.78, 5) is 26.2. The van der Waals surface area contributed by atoms with Crippen LogP contribution in [0.1, 0.15) is 18.3 Å². The maximum absolute atomic E-state index is 11.5. The average molecular weight is 195 g/mol. The van der Waals surface area contributed by atoms with Crippen LogP contribution in [0.3, 0.4) is 0 Å². The highest BCUT2D eigenvalue weighted by Gasteiger charge is 2.30. The van der Waals surface area contributed by atoms with Gasteiger partial charge in [-0.15, -0.1) is 0 Å². The van der Waals surface area contributed by atoms with Crippen LogP contribution >= 0.6 is 0 Å². The third-order valence-electron chi connectivity index (χ3n) is 2.33. The number of nitrogen functional groups attached to an aromatic ring is 1. The number of fused-ring (bicyclic) bond motifs is 1. The molecule has 0 amide bonds. The van der Waals surface area contributed by atoms with Gasteiger partial charge in [0.25, 0.3) is 5.56 Å². The van der Waals surface area contributed by atoms with Gasteiger partial charge in [-0.1, -0.05) is 0 Å². The molecule has 3 N–H and O–H groups in total. The number of carboxylic acids is 1. The molecule has 1 aliphatic rings. The Morgan fingerprint density at radius 1 is 1.71 bits per heavy atom. The molecule has 1 aromatic rings. The summed E-state index contributed by atoms with van der Waals surface area (Å²) in [6.07, 6.45) is 2.19. The minimum atomic E-state index is -1.02. The maximum Gasteiger partial charge on any atom is 0.326 e. The molecule has 14 heavy (non-hydrogen) atoms. The minimum absolute atomic E-state index is 0.0121. The minimum Gasteiger partial charge on any atom is -0.480 e. The van der Waals surface area contributed by atoms with Crippen LogP contribution in [0.15, 0.2) is 11.0 Å². The number of aryl methyl sites for hydroxylation is 1. The highest BCUT2D eigenvalue weighted by atomic mass is 16.4. The fraction of sp³-hybridized carbons (Fsp3) is 0.375. The predicted molar refractivity (Wildman–Crippen MR) is 47.9 cm³/mol. The first-order chi connectivity index (χ1) is 6.61. The summed E-state index contributed by atoms with van der Waals surface area (Å²) in [5.74, 6) is -0.519. The standard InChI is InChI=1S/C8H9N3O3/c9-4-3-10-6-2-1-5(8(13)14)11(6)7(4)12/h3,5H,1-2,9H2,(H,13,14)/t5-/m0/s1. The first kappa shape index (κ1) is 8.74. The van der Waals surface area contributed by atoms with Crippen molar-refractivity contribution in [3.63, 3.8) is 0 Å². The van der Waals surface area contributed by atoms with Crippen molar-refractivity contribution < 1.29 is 9.90 Å². The van der Waals surface area contributed by atoms with Crippen molar-refractivity contribution in [2.24, 2.45) is 0 Å². The molecule has 6 heteroatoms. The fourth-order valence-corrected chi connectivity index (χ4v) is 1.65. The lowest BCUT2D eigenvalue weighted by atomic mass is 10.2. The summed E-state index contributed by atoms with van der Waals surface area (Å²) in [5, 5.41) is 8.85. The summed E-state index contributed by atoms with van der Waals surface area (Å²) in [5.41, 5.74) is 4.90. The van der Waals surface area contributed by atoms with E-state index in [1.807, 2.05) is 0 Å². The Kier molecular flexibility index (Phi) is 1.77. The van der Waals surface area contributed by atoms with Crippen molar-refractivity contribution in [2.75, 3.05) is 5.73 Å². The predicted octanol–water partition coefficient (Wildman–Crippen LogP) is -0.603. The Morgan fingerprint density at radius 3 is 3.07 bits per heavy atom. The number of aromatic nitrogens is 2. The Bertz CT molecular complexity index is 452. The zero-order valence-electron chi connectivity index (χ0n) is 7.30. The summed E-state index contributed by atoms with van der Waals surface area (Å²) >= 11 is 0. The molecule has 0 radical (unpaired) electrons. The van der Waals surface area contributed by atoms with Crippen molar-refractivity contribution in [1.82, 2.24) is 9.55 Å². The molecule has 74 valence electrons. The van der Waals surface area contributed by atoms with Gasteiger partial charge in [0.05, 0.1) is 6.20 Å². The number of hydrogen-bond acceptors (Lipinski definition) is 4. The third-order valence-corrected chi connectivity index (χ3v) is 2.33. The van der Waals surface area contributed by atoms with E-state index in [0.29, 0.717) is 18.7 Å². The van der Waals surface area contributed by atoms with Gasteiger partial charge in [0.2, 0.25) is 0 Å². The van der Waals surface area contributed by atoms with Crippen LogP contribution < -0.4 is 11.3 Å². The molecular formula is C8H9N3O3. The summed E-state index contributed by atoms with van der Waals surface area (Å²) in [6, 6.07) is -0.812. The van der Waals surface area contributed by atoms with Crippen LogP contribution in [-0.4, -0.2) is 20.6 Å². The average Bonchev–Trinajstić information content (AvgIpc) is 2.55. The van der Waals surface area contributed by atoms with E-state index in [4.69, 9.17) is 10.8 Å². The van der Waals surface area contributed by atoms with Crippen molar-refractivity contribution >= 4 is 11.7 Å². The van der Waals surface area contributed by atoms with E-state index in [1.165, 1.54) is 6.20 Å². The number of carboxylic acid groups (broad SMARTS) is 1. The van der Waals surface area contributed by atoms with Crippen molar-refractivity contribution in [1.29, 1.82) is 0 Å². The largest absolute Gasteiger partial charge is 0.480 e. The molecule has 0 saturated carbocycles. The van der Waals surface area contributed by atoms with Crippen LogP contribution in [0, 0.1) is 0 Å². The second-order valence-electron chi connectivity index (χ2n) is 3.20. The van der Waals surface area contributed by atoms with E-state index in [2.05, 4.69) is 4.98 Å². The van der Waals surface area contributed by atoms with Crippen molar-refractivity contribution in [3.05, 3.63) is 22.4 Å². The molecule has 0 bridgehead atoms. The molecule has 1 aliphatic heterocycles. The smallest absolute Gasteiger partial charge is 0.326 e. The van der Waals surface area contributed by atoms with Crippen LogP contribution in [0.2, 0.25) is 0 Å². The first-order valence-corrected chi connectivity index (χ1v) is 4.20. The van der Waals surface area contributed by atoms with Crippen LogP contribution in [0.25, 0.3) is 0 Å². The Morgan fingerprint density at radius 2 is 2.43 bits per heavy atom. The van der Waals surface area contributed by atoms with Crippen LogP contribution in [0.5, 0.6) is 0 Å². The second kappa shape index (κ2) is 2.83. The second-order valence-corrected chi connectivity index (χ2v) is 3.20. The van der Waals surface area contributed by atoms with Gasteiger partial charge in [-0.2, -0.15) is 0 Å². The SMILES string of the molecule is Nc1cnc2n(c1=O)[C@H](C(=O)O)CC2. The molecule has 1 atom stereocenters. The molecule has 0 unspecified atom stereocenters. The van der Waals surface area contributed by atoms with Crippen LogP contribution in [0.4, 0.5) is 5.69 Å². The maximum atomic E-state index is 11.5. The number of anilines is 1. The molecule has 2 rings (SSSR count). The lowest BCUT2D eigenvalue weighted by Gasteiger charge is -2.08. The van der Waals surface area contributed by atoms with Crippen molar-refractivity contribution in [3.8, 4) is 0 Å². The zero-order chi connectivity index (χ0) is 10.3. The number of rotatable bonds is 1. The van der Waals surface area contributed by atoms with Gasteiger partial charge in [0.1, 0.15) is 17.6 Å². The van der Waals surface area contributed by atoms with Gasteiger partial charge < -0.3 is 10.8 Å². The summed E-state index contributed by atoms with van der Waals surface area (Å²) < 4.78 is 1.16. The van der Waals surface area contributed by atoms with Gasteiger partial charge in [0.15, 0.2) is 0 Å². The van der Waals surface area contributed by atoms with Crippen LogP contribution in [-0.2, 0) is 11.2 Å². The number of carbonyl (C=O) groups is 1. The lowest BCUT2D eigenvalue weighted by Crippen LogP contribution is -2.29. The summed E-state index contributed by atoms with van der Waals surface area (Å²) in [6.45, 7) is 0. The molecule has 0 aliphatic carbocycles. The number of nitrogens with two attached hydrogens (primary N) is 1. The zero-order valence-corrected chi connectivity index (χ0v) is 7.30. The lowest BCUT2D eigenvalue weighted by molar-refractivity contribution is -0.140.